The lowest BCUT2D eigenvalue weighted by Gasteiger charge is -2.22. The van der Waals surface area contributed by atoms with Crippen LogP contribution in [-0.2, 0) is 0 Å². The normalized spacial score (nSPS) is 20.2. The minimum absolute atomic E-state index is 0.523. The Labute approximate surface area is 94.0 Å². The summed E-state index contributed by atoms with van der Waals surface area (Å²) in [5.74, 6) is 0. The average Bonchev–Trinajstić information content (AvgIpc) is 2.89. The van der Waals surface area contributed by atoms with Crippen LogP contribution in [0.4, 0.5) is 5.69 Å². The molecule has 0 amide bonds. The lowest BCUT2D eigenvalue weighted by atomic mass is 10.0. The fraction of sp³-hybridized carbons (Fsp3) is 0.500. The predicted octanol–water partition coefficient (Wildman–Crippen LogP) is 4.05. The molecule has 0 radical (unpaired) electrons. The van der Waals surface area contributed by atoms with Crippen molar-refractivity contribution in [2.45, 2.75) is 32.7 Å². The van der Waals surface area contributed by atoms with Gasteiger partial charge in [0.25, 0.3) is 0 Å². The summed E-state index contributed by atoms with van der Waals surface area (Å²) < 4.78 is 1.15. The zero-order valence-corrected chi connectivity index (χ0v) is 10.3. The number of nitrogens with one attached hydrogen (secondary N) is 1. The van der Waals surface area contributed by atoms with Gasteiger partial charge in [0.15, 0.2) is 0 Å². The zero-order chi connectivity index (χ0) is 10.2. The number of rotatable bonds is 3. The SMILES string of the molecule is CC(Nc1ccccc1Br)C1(C)CC1. The van der Waals surface area contributed by atoms with Crippen molar-refractivity contribution in [3.8, 4) is 0 Å². The molecule has 1 aromatic carbocycles. The Bertz CT molecular complexity index is 331. The van der Waals surface area contributed by atoms with Crippen LogP contribution in [0.25, 0.3) is 0 Å². The molecule has 1 saturated carbocycles. The quantitative estimate of drug-likeness (QED) is 0.858. The Kier molecular flexibility index (Phi) is 2.56. The molecular weight excluding hydrogens is 238 g/mol. The maximum Gasteiger partial charge on any atom is 0.0486 e. The third kappa shape index (κ3) is 1.95. The van der Waals surface area contributed by atoms with Crippen LogP contribution in [0, 0.1) is 5.41 Å². The van der Waals surface area contributed by atoms with Crippen molar-refractivity contribution in [2.24, 2.45) is 5.41 Å². The lowest BCUT2D eigenvalue weighted by molar-refractivity contribution is 0.493. The van der Waals surface area contributed by atoms with E-state index in [2.05, 4.69) is 53.3 Å². The first-order valence-electron chi connectivity index (χ1n) is 5.13. The van der Waals surface area contributed by atoms with Gasteiger partial charge < -0.3 is 5.32 Å². The third-order valence-electron chi connectivity index (χ3n) is 3.33. The predicted molar refractivity (Wildman–Crippen MR) is 64.6 cm³/mol. The Morgan fingerprint density at radius 3 is 2.57 bits per heavy atom. The van der Waals surface area contributed by atoms with E-state index in [1.807, 2.05) is 6.07 Å². The van der Waals surface area contributed by atoms with E-state index in [0.717, 1.165) is 4.47 Å². The fourth-order valence-electron chi connectivity index (χ4n) is 1.62. The summed E-state index contributed by atoms with van der Waals surface area (Å²) >= 11 is 3.55. The van der Waals surface area contributed by atoms with E-state index in [9.17, 15) is 0 Å². The number of hydrogen-bond donors (Lipinski definition) is 1. The molecule has 0 spiro atoms. The van der Waals surface area contributed by atoms with E-state index in [1.54, 1.807) is 0 Å². The summed E-state index contributed by atoms with van der Waals surface area (Å²) in [6.45, 7) is 4.62. The molecule has 2 rings (SSSR count). The molecule has 1 unspecified atom stereocenters. The smallest absolute Gasteiger partial charge is 0.0486 e. The molecule has 1 nitrogen and oxygen atoms in total. The molecular formula is C12H16BrN. The summed E-state index contributed by atoms with van der Waals surface area (Å²) in [6, 6.07) is 8.85. The van der Waals surface area contributed by atoms with Gasteiger partial charge in [0.2, 0.25) is 0 Å². The van der Waals surface area contributed by atoms with E-state index in [-0.39, 0.29) is 0 Å². The minimum Gasteiger partial charge on any atom is -0.381 e. The first-order chi connectivity index (χ1) is 6.62. The van der Waals surface area contributed by atoms with Gasteiger partial charge >= 0.3 is 0 Å². The summed E-state index contributed by atoms with van der Waals surface area (Å²) in [5.41, 5.74) is 1.73. The monoisotopic (exact) mass is 253 g/mol. The van der Waals surface area contributed by atoms with E-state index < -0.39 is 0 Å². The molecule has 1 aliphatic rings. The molecule has 1 fully saturated rings. The van der Waals surface area contributed by atoms with Gasteiger partial charge in [0.1, 0.15) is 0 Å². The average molecular weight is 254 g/mol. The van der Waals surface area contributed by atoms with E-state index >= 15 is 0 Å². The molecule has 2 heteroatoms. The van der Waals surface area contributed by atoms with Crippen LogP contribution in [0.5, 0.6) is 0 Å². The molecule has 0 aromatic heterocycles. The molecule has 0 heterocycles. The van der Waals surface area contributed by atoms with Crippen LogP contribution < -0.4 is 5.32 Å². The topological polar surface area (TPSA) is 12.0 Å². The van der Waals surface area contributed by atoms with Crippen LogP contribution in [0.2, 0.25) is 0 Å². The van der Waals surface area contributed by atoms with Gasteiger partial charge in [-0.3, -0.25) is 0 Å². The number of hydrogen-bond acceptors (Lipinski definition) is 1. The van der Waals surface area contributed by atoms with Crippen LogP contribution >= 0.6 is 15.9 Å². The van der Waals surface area contributed by atoms with E-state index in [1.165, 1.54) is 18.5 Å². The van der Waals surface area contributed by atoms with Gasteiger partial charge in [-0.05, 0) is 53.2 Å². The summed E-state index contributed by atoms with van der Waals surface area (Å²) in [5, 5.41) is 3.57. The second-order valence-corrected chi connectivity index (χ2v) is 5.35. The van der Waals surface area contributed by atoms with Crippen molar-refractivity contribution in [1.29, 1.82) is 0 Å². The van der Waals surface area contributed by atoms with Crippen molar-refractivity contribution in [3.05, 3.63) is 28.7 Å². The highest BCUT2D eigenvalue weighted by Gasteiger charge is 2.42. The maximum atomic E-state index is 3.57. The standard InChI is InChI=1S/C12H16BrN/c1-9(12(2)7-8-12)14-11-6-4-3-5-10(11)13/h3-6,9,14H,7-8H2,1-2H3. The van der Waals surface area contributed by atoms with Crippen LogP contribution in [0.3, 0.4) is 0 Å². The van der Waals surface area contributed by atoms with Crippen molar-refractivity contribution >= 4 is 21.6 Å². The third-order valence-corrected chi connectivity index (χ3v) is 4.02. The molecule has 1 N–H and O–H groups in total. The minimum atomic E-state index is 0.523. The molecule has 76 valence electrons. The summed E-state index contributed by atoms with van der Waals surface area (Å²) in [4.78, 5) is 0. The van der Waals surface area contributed by atoms with Gasteiger partial charge in [0.05, 0.1) is 0 Å². The van der Waals surface area contributed by atoms with Crippen LogP contribution in [-0.4, -0.2) is 6.04 Å². The van der Waals surface area contributed by atoms with E-state index in [0.29, 0.717) is 11.5 Å². The Hall–Kier alpha value is -0.500. The van der Waals surface area contributed by atoms with Gasteiger partial charge in [0, 0.05) is 16.2 Å². The Morgan fingerprint density at radius 1 is 1.36 bits per heavy atom. The van der Waals surface area contributed by atoms with Gasteiger partial charge in [-0.15, -0.1) is 0 Å². The summed E-state index contributed by atoms with van der Waals surface area (Å²) in [6.07, 6.45) is 2.71. The number of benzene rings is 1. The summed E-state index contributed by atoms with van der Waals surface area (Å²) in [7, 11) is 0. The molecule has 1 atom stereocenters. The Balaban J connectivity index is 2.07. The highest BCUT2D eigenvalue weighted by molar-refractivity contribution is 9.10. The number of anilines is 1. The second-order valence-electron chi connectivity index (χ2n) is 4.50. The molecule has 0 bridgehead atoms. The van der Waals surface area contributed by atoms with Crippen molar-refractivity contribution in [3.63, 3.8) is 0 Å². The highest BCUT2D eigenvalue weighted by atomic mass is 79.9. The van der Waals surface area contributed by atoms with Crippen molar-refractivity contribution in [2.75, 3.05) is 5.32 Å². The lowest BCUT2D eigenvalue weighted by Crippen LogP contribution is -2.24. The fourth-order valence-corrected chi connectivity index (χ4v) is 2.02. The first kappa shape index (κ1) is 10.0. The largest absolute Gasteiger partial charge is 0.381 e. The van der Waals surface area contributed by atoms with Crippen LogP contribution in [0.15, 0.2) is 28.7 Å². The van der Waals surface area contributed by atoms with E-state index in [4.69, 9.17) is 0 Å². The zero-order valence-electron chi connectivity index (χ0n) is 8.68. The molecule has 1 aliphatic carbocycles. The molecule has 0 saturated heterocycles. The van der Waals surface area contributed by atoms with Crippen LogP contribution in [0.1, 0.15) is 26.7 Å². The Morgan fingerprint density at radius 2 is 2.00 bits per heavy atom. The van der Waals surface area contributed by atoms with Gasteiger partial charge in [-0.1, -0.05) is 19.1 Å². The number of halogens is 1. The molecule has 0 aliphatic heterocycles. The highest BCUT2D eigenvalue weighted by Crippen LogP contribution is 2.49. The van der Waals surface area contributed by atoms with Gasteiger partial charge in [-0.25, -0.2) is 0 Å². The van der Waals surface area contributed by atoms with Crippen molar-refractivity contribution in [1.82, 2.24) is 0 Å². The molecule has 14 heavy (non-hydrogen) atoms. The first-order valence-corrected chi connectivity index (χ1v) is 5.92. The van der Waals surface area contributed by atoms with Gasteiger partial charge in [-0.2, -0.15) is 0 Å². The maximum absolute atomic E-state index is 3.57. The number of para-hydroxylation sites is 1. The second kappa shape index (κ2) is 3.58. The molecule has 1 aromatic rings. The van der Waals surface area contributed by atoms with Crippen molar-refractivity contribution < 1.29 is 0 Å².